The Morgan fingerprint density at radius 2 is 1.50 bits per heavy atom. The van der Waals surface area contributed by atoms with E-state index in [2.05, 4.69) is 17.9 Å². The maximum atomic E-state index is 4.36. The van der Waals surface area contributed by atoms with Gasteiger partial charge >= 0.3 is 0 Å². The molecule has 2 heteroatoms. The fourth-order valence-electron chi connectivity index (χ4n) is 0.0680. The van der Waals surface area contributed by atoms with Gasteiger partial charge in [-0.1, -0.05) is 13.2 Å². The van der Waals surface area contributed by atoms with E-state index in [-0.39, 0.29) is 6.15 Å². The molecule has 0 spiro atoms. The van der Waals surface area contributed by atoms with Crippen LogP contribution in [0.3, 0.4) is 0 Å². The first-order chi connectivity index (χ1) is 2.41. The van der Waals surface area contributed by atoms with Crippen molar-refractivity contribution in [2.45, 2.75) is 0 Å². The molecule has 0 aliphatic carbocycles. The molecule has 0 radical (unpaired) electrons. The van der Waals surface area contributed by atoms with Crippen molar-refractivity contribution in [1.29, 1.82) is 0 Å². The van der Waals surface area contributed by atoms with E-state index in [0.29, 0.717) is 0 Å². The molecule has 0 heterocycles. The van der Waals surface area contributed by atoms with Crippen molar-refractivity contribution in [3.05, 3.63) is 25.7 Å². The van der Waals surface area contributed by atoms with Crippen molar-refractivity contribution in [2.75, 3.05) is 0 Å². The minimum atomic E-state index is 0. The largest absolute Gasteiger partial charge is 0.474 e. The topological polar surface area (TPSA) is 9.23 Å². The van der Waals surface area contributed by atoms with Crippen LogP contribution in [-0.4, -0.2) is 0 Å². The Morgan fingerprint density at radius 1 is 1.17 bits per heavy atom. The summed E-state index contributed by atoms with van der Waals surface area (Å²) in [4.78, 5) is 0. The number of hydrogen-bond acceptors (Lipinski definition) is 1. The summed E-state index contributed by atoms with van der Waals surface area (Å²) in [6.07, 6.45) is 2.62. The average Bonchev–Trinajstić information content (AvgIpc) is 1.41. The first-order valence-corrected chi connectivity index (χ1v) is 1.29. The van der Waals surface area contributed by atoms with Gasteiger partial charge in [0.15, 0.2) is 0 Å². The van der Waals surface area contributed by atoms with Gasteiger partial charge in [0, 0.05) is 6.15 Å². The van der Waals surface area contributed by atoms with Crippen LogP contribution in [0.2, 0.25) is 0 Å². The van der Waals surface area contributed by atoms with E-state index in [4.69, 9.17) is 0 Å². The molecule has 0 aromatic heterocycles. The van der Waals surface area contributed by atoms with Crippen molar-refractivity contribution in [2.24, 2.45) is 0 Å². The van der Waals surface area contributed by atoms with Crippen LogP contribution < -0.4 is 0 Å². The zero-order chi connectivity index (χ0) is 4.12. The fourth-order valence-corrected chi connectivity index (χ4v) is 0.0680. The summed E-state index contributed by atoms with van der Waals surface area (Å²) in [5.41, 5.74) is 0. The third-order valence-corrected chi connectivity index (χ3v) is 0.192. The standard InChI is InChI=1S/C4H6O.Ne/c1-3-5-4-2;/h3-4H,1-2H2;. The van der Waals surface area contributed by atoms with Crippen LogP contribution in [0.4, 0.5) is 0 Å². The van der Waals surface area contributed by atoms with Gasteiger partial charge < -0.3 is 4.74 Å². The van der Waals surface area contributed by atoms with Crippen LogP contribution in [0.1, 0.15) is 0 Å². The molecule has 0 N–H and O–H groups in total. The Labute approximate surface area is 37.7 Å². The van der Waals surface area contributed by atoms with Gasteiger partial charge in [-0.05, 0) is 0 Å². The summed E-state index contributed by atoms with van der Waals surface area (Å²) >= 11 is 0. The number of ether oxygens (including phenoxy) is 1. The van der Waals surface area contributed by atoms with Crippen LogP contribution >= 0.6 is 0 Å². The Hall–Kier alpha value is -0.811. The third-order valence-electron chi connectivity index (χ3n) is 0.192. The second-order valence-corrected chi connectivity index (χ2v) is 0.469. The zero-order valence-corrected chi connectivity index (χ0v) is 3.33. The first-order valence-electron chi connectivity index (χ1n) is 1.29. The maximum absolute atomic E-state index is 4.36. The van der Waals surface area contributed by atoms with E-state index in [9.17, 15) is 0 Å². The van der Waals surface area contributed by atoms with Gasteiger partial charge in [0.05, 0.1) is 12.5 Å². The maximum Gasteiger partial charge on any atom is 0.0829 e. The molecule has 0 saturated heterocycles. The van der Waals surface area contributed by atoms with Crippen molar-refractivity contribution >= 4 is 0 Å². The van der Waals surface area contributed by atoms with E-state index in [1.165, 1.54) is 12.5 Å². The Kier molecular flexibility index (Phi) is 13.3. The Bertz CT molecular complexity index is 36.8. The smallest absolute Gasteiger partial charge is 0.0829 e. The molecule has 0 atom stereocenters. The molecular weight excluding hydrogens is 84.2 g/mol. The molecular formula is C4H6NeO. The molecule has 0 aliphatic heterocycles. The Balaban J connectivity index is 0. The molecule has 0 aromatic rings. The molecule has 6 heavy (non-hydrogen) atoms. The van der Waals surface area contributed by atoms with E-state index < -0.39 is 0 Å². The fraction of sp³-hybridized carbons (Fsp3) is 0. The third kappa shape index (κ3) is 10.8. The number of hydrogen-bond donors (Lipinski definition) is 0. The molecule has 1 nitrogen and oxygen atoms in total. The predicted molar refractivity (Wildman–Crippen MR) is 21.5 cm³/mol. The normalized spacial score (nSPS) is 4.67. The second kappa shape index (κ2) is 8.89. The first kappa shape index (κ1) is 8.95. The second-order valence-electron chi connectivity index (χ2n) is 0.469. The van der Waals surface area contributed by atoms with Crippen molar-refractivity contribution in [3.8, 4) is 0 Å². The van der Waals surface area contributed by atoms with Crippen LogP contribution in [-0.2, 0) is 4.74 Å². The summed E-state index contributed by atoms with van der Waals surface area (Å²) in [7, 11) is 0. The summed E-state index contributed by atoms with van der Waals surface area (Å²) in [5.74, 6) is 0. The minimum Gasteiger partial charge on any atom is -0.474 e. The Morgan fingerprint density at radius 3 is 1.50 bits per heavy atom. The van der Waals surface area contributed by atoms with Gasteiger partial charge in [-0.2, -0.15) is 0 Å². The van der Waals surface area contributed by atoms with E-state index in [1.54, 1.807) is 0 Å². The summed E-state index contributed by atoms with van der Waals surface area (Å²) in [5, 5.41) is 0. The van der Waals surface area contributed by atoms with Crippen molar-refractivity contribution in [1.82, 2.24) is 0 Å². The molecule has 0 aliphatic rings. The molecule has 0 amide bonds. The van der Waals surface area contributed by atoms with E-state index in [0.717, 1.165) is 0 Å². The van der Waals surface area contributed by atoms with Crippen LogP contribution in [0, 0.1) is 6.15 Å². The van der Waals surface area contributed by atoms with Crippen molar-refractivity contribution in [3.63, 3.8) is 0 Å². The van der Waals surface area contributed by atoms with Crippen molar-refractivity contribution < 1.29 is 10.9 Å². The van der Waals surface area contributed by atoms with Gasteiger partial charge in [-0.3, -0.25) is 0 Å². The molecule has 0 fully saturated rings. The summed E-state index contributed by atoms with van der Waals surface area (Å²) < 4.78 is 4.36. The molecule has 0 bridgehead atoms. The SMILES string of the molecule is C=COC=C.[Ne]. The van der Waals surface area contributed by atoms with Gasteiger partial charge in [-0.15, -0.1) is 0 Å². The molecule has 36 valence electrons. The van der Waals surface area contributed by atoms with Crippen LogP contribution in [0.5, 0.6) is 0 Å². The van der Waals surface area contributed by atoms with Crippen LogP contribution in [0.15, 0.2) is 25.7 Å². The average molecular weight is 90.3 g/mol. The summed E-state index contributed by atoms with van der Waals surface area (Å²) in [6, 6.07) is 0. The summed E-state index contributed by atoms with van der Waals surface area (Å²) in [6.45, 7) is 6.51. The quantitative estimate of drug-likeness (QED) is 0.464. The van der Waals surface area contributed by atoms with E-state index >= 15 is 0 Å². The van der Waals surface area contributed by atoms with Gasteiger partial charge in [0.2, 0.25) is 0 Å². The molecule has 0 aromatic carbocycles. The van der Waals surface area contributed by atoms with Crippen LogP contribution in [0.25, 0.3) is 0 Å². The molecule has 0 unspecified atom stereocenters. The van der Waals surface area contributed by atoms with E-state index in [1.807, 2.05) is 0 Å². The minimum absolute atomic E-state index is 0. The van der Waals surface area contributed by atoms with Gasteiger partial charge in [-0.25, -0.2) is 0 Å². The monoisotopic (exact) mass is 90.0 g/mol. The van der Waals surface area contributed by atoms with Gasteiger partial charge in [0.25, 0.3) is 0 Å². The predicted octanol–water partition coefficient (Wildman–Crippen LogP) is 1.29. The molecule has 0 rings (SSSR count). The van der Waals surface area contributed by atoms with Gasteiger partial charge in [0.1, 0.15) is 0 Å². The number of rotatable bonds is 2. The zero-order valence-electron chi connectivity index (χ0n) is 3.33. The molecule has 0 saturated carbocycles.